The molecule has 2 saturated carbocycles. The Labute approximate surface area is 120 Å². The summed E-state index contributed by atoms with van der Waals surface area (Å²) in [6, 6.07) is -0.0363. The van der Waals surface area contributed by atoms with Crippen LogP contribution < -0.4 is 10.6 Å². The number of urea groups is 1. The van der Waals surface area contributed by atoms with Gasteiger partial charge in [0.15, 0.2) is 0 Å². The third kappa shape index (κ3) is 3.72. The molecule has 3 rings (SSSR count). The van der Waals surface area contributed by atoms with Crippen LogP contribution in [0, 0.1) is 11.8 Å². The third-order valence-electron chi connectivity index (χ3n) is 4.91. The smallest absolute Gasteiger partial charge is 0.321 e. The van der Waals surface area contributed by atoms with E-state index in [0.29, 0.717) is 12.6 Å². The molecular weight excluding hydrogens is 254 g/mol. The topological polar surface area (TPSA) is 61.4 Å². The fourth-order valence-electron chi connectivity index (χ4n) is 3.64. The van der Waals surface area contributed by atoms with Crippen molar-refractivity contribution in [1.29, 1.82) is 0 Å². The van der Waals surface area contributed by atoms with Crippen molar-refractivity contribution in [3.05, 3.63) is 0 Å². The lowest BCUT2D eigenvalue weighted by molar-refractivity contribution is -0.121. The first kappa shape index (κ1) is 13.9. The molecule has 2 aliphatic carbocycles. The summed E-state index contributed by atoms with van der Waals surface area (Å²) in [4.78, 5) is 25.6. The SMILES string of the molecule is O=C(CN1CC[C@H]2CCCC[C@@H]2C1)NC(=O)NC1CC1. The van der Waals surface area contributed by atoms with E-state index in [0.717, 1.165) is 37.8 Å². The number of hydrogen-bond acceptors (Lipinski definition) is 3. The molecular formula is C15H25N3O2. The highest BCUT2D eigenvalue weighted by Crippen LogP contribution is 2.35. The Morgan fingerprint density at radius 2 is 1.75 bits per heavy atom. The van der Waals surface area contributed by atoms with Gasteiger partial charge in [-0.15, -0.1) is 0 Å². The zero-order valence-corrected chi connectivity index (χ0v) is 12.1. The lowest BCUT2D eigenvalue weighted by Gasteiger charge is -2.41. The van der Waals surface area contributed by atoms with Crippen LogP contribution in [0.4, 0.5) is 4.79 Å². The number of likely N-dealkylation sites (tertiary alicyclic amines) is 1. The number of rotatable bonds is 3. The molecule has 3 fully saturated rings. The molecule has 20 heavy (non-hydrogen) atoms. The molecule has 1 saturated heterocycles. The maximum Gasteiger partial charge on any atom is 0.321 e. The predicted molar refractivity (Wildman–Crippen MR) is 76.2 cm³/mol. The molecule has 0 radical (unpaired) electrons. The molecule has 2 N–H and O–H groups in total. The normalized spacial score (nSPS) is 30.4. The zero-order chi connectivity index (χ0) is 13.9. The van der Waals surface area contributed by atoms with Crippen molar-refractivity contribution in [2.24, 2.45) is 11.8 Å². The average molecular weight is 279 g/mol. The van der Waals surface area contributed by atoms with Gasteiger partial charge < -0.3 is 5.32 Å². The highest BCUT2D eigenvalue weighted by Gasteiger charge is 2.32. The first-order valence-electron chi connectivity index (χ1n) is 8.03. The molecule has 0 spiro atoms. The molecule has 3 amide bonds. The highest BCUT2D eigenvalue weighted by molar-refractivity contribution is 5.95. The number of nitrogens with zero attached hydrogens (tertiary/aromatic N) is 1. The summed E-state index contributed by atoms with van der Waals surface area (Å²) in [5.41, 5.74) is 0. The minimum atomic E-state index is -0.329. The molecule has 2 atom stereocenters. The van der Waals surface area contributed by atoms with Crippen molar-refractivity contribution in [2.75, 3.05) is 19.6 Å². The minimum Gasteiger partial charge on any atom is -0.335 e. The Bertz CT molecular complexity index is 381. The van der Waals surface area contributed by atoms with Gasteiger partial charge in [0.25, 0.3) is 0 Å². The van der Waals surface area contributed by atoms with Gasteiger partial charge in [-0.25, -0.2) is 4.79 Å². The van der Waals surface area contributed by atoms with Crippen LogP contribution in [0.25, 0.3) is 0 Å². The van der Waals surface area contributed by atoms with Gasteiger partial charge in [-0.05, 0) is 44.1 Å². The second kappa shape index (κ2) is 6.12. The molecule has 5 heteroatoms. The molecule has 0 aromatic rings. The van der Waals surface area contributed by atoms with E-state index in [2.05, 4.69) is 15.5 Å². The fraction of sp³-hybridized carbons (Fsp3) is 0.867. The van der Waals surface area contributed by atoms with Gasteiger partial charge in [-0.1, -0.05) is 19.3 Å². The molecule has 1 aliphatic heterocycles. The quantitative estimate of drug-likeness (QED) is 0.823. The van der Waals surface area contributed by atoms with Gasteiger partial charge in [0.05, 0.1) is 6.54 Å². The second-order valence-electron chi connectivity index (χ2n) is 6.62. The number of nitrogens with one attached hydrogen (secondary N) is 2. The van der Waals surface area contributed by atoms with E-state index in [-0.39, 0.29) is 11.9 Å². The van der Waals surface area contributed by atoms with Gasteiger partial charge in [-0.3, -0.25) is 15.0 Å². The number of piperidine rings is 1. The van der Waals surface area contributed by atoms with Gasteiger partial charge in [0.2, 0.25) is 5.91 Å². The van der Waals surface area contributed by atoms with Crippen LogP contribution in [0.5, 0.6) is 0 Å². The number of carbonyl (C=O) groups excluding carboxylic acids is 2. The average Bonchev–Trinajstić information content (AvgIpc) is 3.22. The van der Waals surface area contributed by atoms with Crippen LogP contribution in [0.2, 0.25) is 0 Å². The number of fused-ring (bicyclic) bond motifs is 1. The summed E-state index contributed by atoms with van der Waals surface area (Å²) in [5.74, 6) is 1.48. The van der Waals surface area contributed by atoms with Crippen molar-refractivity contribution in [3.8, 4) is 0 Å². The molecule has 0 aromatic heterocycles. The lowest BCUT2D eigenvalue weighted by atomic mass is 9.75. The van der Waals surface area contributed by atoms with Gasteiger partial charge in [-0.2, -0.15) is 0 Å². The predicted octanol–water partition coefficient (Wildman–Crippen LogP) is 1.49. The molecule has 112 valence electrons. The molecule has 1 heterocycles. The van der Waals surface area contributed by atoms with Crippen LogP contribution in [0.1, 0.15) is 44.9 Å². The van der Waals surface area contributed by atoms with E-state index >= 15 is 0 Å². The Morgan fingerprint density at radius 3 is 2.50 bits per heavy atom. The zero-order valence-electron chi connectivity index (χ0n) is 12.1. The van der Waals surface area contributed by atoms with E-state index in [4.69, 9.17) is 0 Å². The summed E-state index contributed by atoms with van der Waals surface area (Å²) in [7, 11) is 0. The maximum atomic E-state index is 11.9. The van der Waals surface area contributed by atoms with E-state index < -0.39 is 0 Å². The summed E-state index contributed by atoms with van der Waals surface area (Å²) in [6.45, 7) is 2.39. The molecule has 3 aliphatic rings. The number of amides is 3. The molecule has 0 unspecified atom stereocenters. The standard InChI is InChI=1S/C15H25N3O2/c19-14(17-15(20)16-13-5-6-13)10-18-8-7-11-3-1-2-4-12(11)9-18/h11-13H,1-10H2,(H2,16,17,19,20)/t11-,12-/m1/s1. The maximum absolute atomic E-state index is 11.9. The fourth-order valence-corrected chi connectivity index (χ4v) is 3.64. The summed E-state index contributed by atoms with van der Waals surface area (Å²) < 4.78 is 0. The minimum absolute atomic E-state index is 0.169. The Morgan fingerprint density at radius 1 is 1.00 bits per heavy atom. The summed E-state index contributed by atoms with van der Waals surface area (Å²) in [5, 5.41) is 5.22. The van der Waals surface area contributed by atoms with Crippen molar-refractivity contribution in [3.63, 3.8) is 0 Å². The summed E-state index contributed by atoms with van der Waals surface area (Å²) in [6.07, 6.45) is 8.69. The van der Waals surface area contributed by atoms with Crippen LogP contribution in [0.15, 0.2) is 0 Å². The highest BCUT2D eigenvalue weighted by atomic mass is 16.2. The van der Waals surface area contributed by atoms with Crippen LogP contribution in [-0.4, -0.2) is 42.5 Å². The van der Waals surface area contributed by atoms with Crippen LogP contribution in [-0.2, 0) is 4.79 Å². The van der Waals surface area contributed by atoms with E-state index in [9.17, 15) is 9.59 Å². The second-order valence-corrected chi connectivity index (χ2v) is 6.62. The van der Waals surface area contributed by atoms with Crippen LogP contribution in [0.3, 0.4) is 0 Å². The molecule has 0 bridgehead atoms. The largest absolute Gasteiger partial charge is 0.335 e. The third-order valence-corrected chi connectivity index (χ3v) is 4.91. The Kier molecular flexibility index (Phi) is 4.24. The van der Waals surface area contributed by atoms with Gasteiger partial charge >= 0.3 is 6.03 Å². The van der Waals surface area contributed by atoms with Crippen molar-refractivity contribution >= 4 is 11.9 Å². The van der Waals surface area contributed by atoms with Crippen molar-refractivity contribution in [2.45, 2.75) is 51.0 Å². The molecule has 0 aromatic carbocycles. The van der Waals surface area contributed by atoms with Crippen molar-refractivity contribution < 1.29 is 9.59 Å². The first-order chi connectivity index (χ1) is 9.70. The Hall–Kier alpha value is -1.10. The monoisotopic (exact) mass is 279 g/mol. The number of carbonyl (C=O) groups is 2. The lowest BCUT2D eigenvalue weighted by Crippen LogP contribution is -2.49. The van der Waals surface area contributed by atoms with E-state index in [1.54, 1.807) is 0 Å². The van der Waals surface area contributed by atoms with E-state index in [1.807, 2.05) is 0 Å². The van der Waals surface area contributed by atoms with Gasteiger partial charge in [0.1, 0.15) is 0 Å². The van der Waals surface area contributed by atoms with Crippen molar-refractivity contribution in [1.82, 2.24) is 15.5 Å². The van der Waals surface area contributed by atoms with Crippen LogP contribution >= 0.6 is 0 Å². The number of imide groups is 1. The number of hydrogen-bond donors (Lipinski definition) is 2. The first-order valence-corrected chi connectivity index (χ1v) is 8.03. The summed E-state index contributed by atoms with van der Waals surface area (Å²) >= 11 is 0. The Balaban J connectivity index is 1.40. The van der Waals surface area contributed by atoms with E-state index in [1.165, 1.54) is 32.1 Å². The molecule has 5 nitrogen and oxygen atoms in total. The van der Waals surface area contributed by atoms with Gasteiger partial charge in [0, 0.05) is 12.6 Å².